The Morgan fingerprint density at radius 3 is 2.35 bits per heavy atom. The fraction of sp³-hybridized carbons (Fsp3) is 0.571. The highest BCUT2D eigenvalue weighted by molar-refractivity contribution is 9.10. The van der Waals surface area contributed by atoms with Gasteiger partial charge in [-0.05, 0) is 46.8 Å². The highest BCUT2D eigenvalue weighted by atomic mass is 79.9. The molecular formula is C14H21BrClNO3. The summed E-state index contributed by atoms with van der Waals surface area (Å²) in [7, 11) is 3.31. The summed E-state index contributed by atoms with van der Waals surface area (Å²) in [6.07, 6.45) is 1.98. The van der Waals surface area contributed by atoms with Crippen LogP contribution in [-0.2, 0) is 4.74 Å². The summed E-state index contributed by atoms with van der Waals surface area (Å²) in [5.41, 5.74) is 7.41. The van der Waals surface area contributed by atoms with Crippen molar-refractivity contribution >= 4 is 28.3 Å². The van der Waals surface area contributed by atoms with Crippen LogP contribution in [-0.4, -0.2) is 27.4 Å². The summed E-state index contributed by atoms with van der Waals surface area (Å²) in [6, 6.07) is 3.82. The van der Waals surface area contributed by atoms with E-state index in [1.807, 2.05) is 12.1 Å². The van der Waals surface area contributed by atoms with E-state index in [0.717, 1.165) is 47.6 Å². The Morgan fingerprint density at radius 2 is 1.80 bits per heavy atom. The minimum atomic E-state index is -0.0548. The van der Waals surface area contributed by atoms with Crippen LogP contribution in [0.1, 0.15) is 24.4 Å². The first-order chi connectivity index (χ1) is 9.17. The quantitative estimate of drug-likeness (QED) is 0.888. The maximum atomic E-state index is 6.41. The molecule has 1 aliphatic rings. The fourth-order valence-corrected chi connectivity index (χ4v) is 2.96. The number of hydrogen-bond acceptors (Lipinski definition) is 4. The molecule has 0 saturated carbocycles. The largest absolute Gasteiger partial charge is 0.496 e. The molecular weight excluding hydrogens is 346 g/mol. The Balaban J connectivity index is 0.00000200. The first-order valence-electron chi connectivity index (χ1n) is 6.42. The zero-order valence-corrected chi connectivity index (χ0v) is 14.1. The standard InChI is InChI=1S/C14H20BrNO3.ClH/c1-17-12-8-11(15)13(18-2)7-10(12)14(16)9-3-5-19-6-4-9;/h7-9,14H,3-6,16H2,1-2H3;1H/t14-;/m1./s1. The van der Waals surface area contributed by atoms with Crippen LogP contribution in [0.2, 0.25) is 0 Å². The molecule has 2 rings (SSSR count). The number of ether oxygens (including phenoxy) is 3. The van der Waals surface area contributed by atoms with Gasteiger partial charge in [0.1, 0.15) is 11.5 Å². The molecule has 1 fully saturated rings. The highest BCUT2D eigenvalue weighted by Crippen LogP contribution is 2.39. The second kappa shape index (κ2) is 8.08. The van der Waals surface area contributed by atoms with Crippen molar-refractivity contribution in [2.24, 2.45) is 11.7 Å². The molecule has 0 amide bonds. The number of nitrogens with two attached hydrogens (primary N) is 1. The van der Waals surface area contributed by atoms with Gasteiger partial charge < -0.3 is 19.9 Å². The summed E-state index contributed by atoms with van der Waals surface area (Å²) in [5.74, 6) is 2.00. The Bertz CT molecular complexity index is 439. The number of hydrogen-bond donors (Lipinski definition) is 1. The molecule has 6 heteroatoms. The van der Waals surface area contributed by atoms with E-state index >= 15 is 0 Å². The molecule has 0 spiro atoms. The predicted molar refractivity (Wildman–Crippen MR) is 85.0 cm³/mol. The van der Waals surface area contributed by atoms with Crippen LogP contribution in [0.15, 0.2) is 16.6 Å². The van der Waals surface area contributed by atoms with Gasteiger partial charge in [-0.15, -0.1) is 12.4 Å². The Morgan fingerprint density at radius 1 is 1.20 bits per heavy atom. The van der Waals surface area contributed by atoms with Gasteiger partial charge in [0.2, 0.25) is 0 Å². The Hall–Kier alpha value is -0.490. The third-order valence-electron chi connectivity index (χ3n) is 3.64. The lowest BCUT2D eigenvalue weighted by Crippen LogP contribution is -2.27. The lowest BCUT2D eigenvalue weighted by Gasteiger charge is -2.29. The molecule has 4 nitrogen and oxygen atoms in total. The lowest BCUT2D eigenvalue weighted by molar-refractivity contribution is 0.0581. The molecule has 1 aromatic rings. The third kappa shape index (κ3) is 3.79. The zero-order chi connectivity index (χ0) is 13.8. The van der Waals surface area contributed by atoms with Crippen molar-refractivity contribution in [3.63, 3.8) is 0 Å². The molecule has 1 aromatic carbocycles. The first kappa shape index (κ1) is 17.6. The van der Waals surface area contributed by atoms with E-state index in [2.05, 4.69) is 15.9 Å². The molecule has 0 aliphatic carbocycles. The van der Waals surface area contributed by atoms with Crippen molar-refractivity contribution in [3.8, 4) is 11.5 Å². The SMILES string of the molecule is COc1cc([C@H](N)C2CCOCC2)c(OC)cc1Br.Cl. The van der Waals surface area contributed by atoms with Gasteiger partial charge in [0.15, 0.2) is 0 Å². The average molecular weight is 367 g/mol. The minimum Gasteiger partial charge on any atom is -0.496 e. The van der Waals surface area contributed by atoms with Crippen molar-refractivity contribution < 1.29 is 14.2 Å². The van der Waals surface area contributed by atoms with Crippen LogP contribution in [0, 0.1) is 5.92 Å². The Kier molecular flexibility index (Phi) is 7.09. The van der Waals surface area contributed by atoms with Crippen molar-refractivity contribution in [2.45, 2.75) is 18.9 Å². The predicted octanol–water partition coefficient (Wildman–Crippen LogP) is 3.31. The van der Waals surface area contributed by atoms with Crippen LogP contribution in [0.4, 0.5) is 0 Å². The molecule has 20 heavy (non-hydrogen) atoms. The van der Waals surface area contributed by atoms with Crippen molar-refractivity contribution in [1.29, 1.82) is 0 Å². The second-order valence-electron chi connectivity index (χ2n) is 4.70. The van der Waals surface area contributed by atoms with E-state index in [1.165, 1.54) is 0 Å². The van der Waals surface area contributed by atoms with Gasteiger partial charge in [-0.3, -0.25) is 0 Å². The van der Waals surface area contributed by atoms with Crippen LogP contribution >= 0.6 is 28.3 Å². The maximum Gasteiger partial charge on any atom is 0.133 e. The topological polar surface area (TPSA) is 53.7 Å². The average Bonchev–Trinajstić information content (AvgIpc) is 2.47. The van der Waals surface area contributed by atoms with E-state index < -0.39 is 0 Å². The molecule has 0 bridgehead atoms. The zero-order valence-electron chi connectivity index (χ0n) is 11.7. The van der Waals surface area contributed by atoms with Crippen molar-refractivity contribution in [2.75, 3.05) is 27.4 Å². The van der Waals surface area contributed by atoms with E-state index in [0.29, 0.717) is 5.92 Å². The summed E-state index contributed by atoms with van der Waals surface area (Å²) < 4.78 is 17.0. The summed E-state index contributed by atoms with van der Waals surface area (Å²) in [5, 5.41) is 0. The monoisotopic (exact) mass is 365 g/mol. The third-order valence-corrected chi connectivity index (χ3v) is 4.26. The fourth-order valence-electron chi connectivity index (χ4n) is 2.47. The van der Waals surface area contributed by atoms with Crippen LogP contribution in [0.3, 0.4) is 0 Å². The van der Waals surface area contributed by atoms with E-state index in [9.17, 15) is 0 Å². The number of methoxy groups -OCH3 is 2. The normalized spacial score (nSPS) is 17.2. The summed E-state index contributed by atoms with van der Waals surface area (Å²) >= 11 is 3.46. The molecule has 1 heterocycles. The molecule has 0 unspecified atom stereocenters. The molecule has 1 atom stereocenters. The van der Waals surface area contributed by atoms with Gasteiger partial charge >= 0.3 is 0 Å². The summed E-state index contributed by atoms with van der Waals surface area (Å²) in [4.78, 5) is 0. The molecule has 2 N–H and O–H groups in total. The molecule has 0 radical (unpaired) electrons. The number of benzene rings is 1. The molecule has 1 saturated heterocycles. The van der Waals surface area contributed by atoms with Gasteiger partial charge in [0.25, 0.3) is 0 Å². The summed E-state index contributed by atoms with van der Waals surface area (Å²) in [6.45, 7) is 1.57. The van der Waals surface area contributed by atoms with Crippen molar-refractivity contribution in [3.05, 3.63) is 22.2 Å². The van der Waals surface area contributed by atoms with Gasteiger partial charge in [0.05, 0.1) is 18.7 Å². The van der Waals surface area contributed by atoms with Crippen LogP contribution in [0.25, 0.3) is 0 Å². The van der Waals surface area contributed by atoms with Gasteiger partial charge in [-0.25, -0.2) is 0 Å². The van der Waals surface area contributed by atoms with Gasteiger partial charge in [0, 0.05) is 24.8 Å². The number of halogens is 2. The van der Waals surface area contributed by atoms with E-state index in [1.54, 1.807) is 14.2 Å². The van der Waals surface area contributed by atoms with E-state index in [4.69, 9.17) is 19.9 Å². The molecule has 114 valence electrons. The first-order valence-corrected chi connectivity index (χ1v) is 7.21. The second-order valence-corrected chi connectivity index (χ2v) is 5.56. The highest BCUT2D eigenvalue weighted by Gasteiger charge is 2.25. The van der Waals surface area contributed by atoms with Crippen molar-refractivity contribution in [1.82, 2.24) is 0 Å². The van der Waals surface area contributed by atoms with Gasteiger partial charge in [-0.1, -0.05) is 0 Å². The smallest absolute Gasteiger partial charge is 0.133 e. The van der Waals surface area contributed by atoms with Crippen LogP contribution < -0.4 is 15.2 Å². The van der Waals surface area contributed by atoms with Crippen LogP contribution in [0.5, 0.6) is 11.5 Å². The van der Waals surface area contributed by atoms with E-state index in [-0.39, 0.29) is 18.4 Å². The minimum absolute atomic E-state index is 0. The number of rotatable bonds is 4. The molecule has 1 aliphatic heterocycles. The lowest BCUT2D eigenvalue weighted by atomic mass is 9.87. The maximum absolute atomic E-state index is 6.41. The Labute approximate surface area is 134 Å². The van der Waals surface area contributed by atoms with Gasteiger partial charge in [-0.2, -0.15) is 0 Å². The molecule has 0 aromatic heterocycles.